The van der Waals surface area contributed by atoms with Gasteiger partial charge in [-0.1, -0.05) is 48.5 Å². The number of carbonyl (C=O) groups is 2. The molecule has 4 rings (SSSR count). The summed E-state index contributed by atoms with van der Waals surface area (Å²) in [6, 6.07) is 16.4. The van der Waals surface area contributed by atoms with Crippen LogP contribution in [0.5, 0.6) is 5.75 Å². The average molecular weight is 374 g/mol. The smallest absolute Gasteiger partial charge is 0.348 e. The second-order valence-electron chi connectivity index (χ2n) is 6.14. The first-order valence-electron chi connectivity index (χ1n) is 8.42. The standard InChI is InChI=1S/C22H14O6/c1-27-21(25)15-11-14(19(23)12-7-3-2-4-8-12)17-13-9-5-6-10-16(13)28-22(26)18(17)20(15)24/h2-11,24H,1H3. The SMILES string of the molecule is COC(=O)c1cc(C(=O)c2ccccc2)c2c(c1O)c(=O)oc1ccccc12. The summed E-state index contributed by atoms with van der Waals surface area (Å²) in [6.45, 7) is 0. The summed E-state index contributed by atoms with van der Waals surface area (Å²) in [5.74, 6) is -1.84. The van der Waals surface area contributed by atoms with Gasteiger partial charge in [0.05, 0.1) is 7.11 Å². The molecule has 0 aliphatic rings. The van der Waals surface area contributed by atoms with E-state index in [4.69, 9.17) is 9.15 Å². The van der Waals surface area contributed by atoms with Crippen LogP contribution in [0.3, 0.4) is 0 Å². The Hall–Kier alpha value is -3.93. The Morgan fingerprint density at radius 1 is 0.929 bits per heavy atom. The second-order valence-corrected chi connectivity index (χ2v) is 6.14. The van der Waals surface area contributed by atoms with E-state index in [1.54, 1.807) is 54.6 Å². The number of aromatic hydroxyl groups is 1. The third kappa shape index (κ3) is 2.63. The quantitative estimate of drug-likeness (QED) is 0.254. The molecule has 138 valence electrons. The van der Waals surface area contributed by atoms with Gasteiger partial charge in [0.1, 0.15) is 22.3 Å². The molecule has 0 aliphatic heterocycles. The average Bonchev–Trinajstić information content (AvgIpc) is 2.73. The van der Waals surface area contributed by atoms with E-state index in [-0.39, 0.29) is 27.5 Å². The third-order valence-electron chi connectivity index (χ3n) is 4.55. The first-order valence-corrected chi connectivity index (χ1v) is 8.42. The van der Waals surface area contributed by atoms with Crippen LogP contribution in [-0.4, -0.2) is 24.0 Å². The first kappa shape index (κ1) is 17.5. The largest absolute Gasteiger partial charge is 0.506 e. The van der Waals surface area contributed by atoms with Gasteiger partial charge in [-0.3, -0.25) is 4.79 Å². The summed E-state index contributed by atoms with van der Waals surface area (Å²) < 4.78 is 9.98. The topological polar surface area (TPSA) is 93.8 Å². The highest BCUT2D eigenvalue weighted by atomic mass is 16.5. The molecule has 28 heavy (non-hydrogen) atoms. The van der Waals surface area contributed by atoms with E-state index < -0.39 is 23.1 Å². The molecule has 1 aromatic heterocycles. The number of phenolic OH excluding ortho intramolecular Hbond substituents is 1. The molecule has 0 atom stereocenters. The Morgan fingerprint density at radius 3 is 2.32 bits per heavy atom. The molecule has 0 spiro atoms. The molecule has 0 unspecified atom stereocenters. The number of carbonyl (C=O) groups excluding carboxylic acids is 2. The van der Waals surface area contributed by atoms with Crippen molar-refractivity contribution in [3.8, 4) is 5.75 Å². The number of rotatable bonds is 3. The summed E-state index contributed by atoms with van der Waals surface area (Å²) in [5, 5.41) is 11.1. The van der Waals surface area contributed by atoms with E-state index in [0.29, 0.717) is 10.9 Å². The lowest BCUT2D eigenvalue weighted by Gasteiger charge is -2.12. The maximum absolute atomic E-state index is 13.2. The van der Waals surface area contributed by atoms with Crippen LogP contribution in [0.1, 0.15) is 26.3 Å². The third-order valence-corrected chi connectivity index (χ3v) is 4.55. The van der Waals surface area contributed by atoms with Crippen LogP contribution >= 0.6 is 0 Å². The molecule has 3 aromatic carbocycles. The zero-order valence-electron chi connectivity index (χ0n) is 14.8. The molecule has 1 heterocycles. The van der Waals surface area contributed by atoms with E-state index in [9.17, 15) is 19.5 Å². The van der Waals surface area contributed by atoms with Crippen LogP contribution in [0.2, 0.25) is 0 Å². The number of benzene rings is 3. The molecule has 0 amide bonds. The number of fused-ring (bicyclic) bond motifs is 3. The van der Waals surface area contributed by atoms with Gasteiger partial charge in [-0.05, 0) is 12.1 Å². The molecule has 0 saturated heterocycles. The van der Waals surface area contributed by atoms with Crippen molar-refractivity contribution in [2.75, 3.05) is 7.11 Å². The minimum absolute atomic E-state index is 0.100. The molecular formula is C22H14O6. The van der Waals surface area contributed by atoms with Crippen molar-refractivity contribution in [1.82, 2.24) is 0 Å². The normalized spacial score (nSPS) is 10.9. The predicted octanol–water partition coefficient (Wildman–Crippen LogP) is 3.67. The minimum atomic E-state index is -0.867. The lowest BCUT2D eigenvalue weighted by atomic mass is 9.92. The number of hydrogen-bond acceptors (Lipinski definition) is 6. The van der Waals surface area contributed by atoms with Crippen LogP contribution in [0.4, 0.5) is 0 Å². The monoisotopic (exact) mass is 374 g/mol. The van der Waals surface area contributed by atoms with Crippen molar-refractivity contribution in [1.29, 1.82) is 0 Å². The molecule has 0 aliphatic carbocycles. The van der Waals surface area contributed by atoms with Crippen LogP contribution in [-0.2, 0) is 4.74 Å². The van der Waals surface area contributed by atoms with Crippen molar-refractivity contribution in [2.24, 2.45) is 0 Å². The number of phenols is 1. The van der Waals surface area contributed by atoms with E-state index in [0.717, 1.165) is 7.11 Å². The molecule has 0 bridgehead atoms. The van der Waals surface area contributed by atoms with Gasteiger partial charge in [0.25, 0.3) is 0 Å². The van der Waals surface area contributed by atoms with Crippen molar-refractivity contribution in [2.45, 2.75) is 0 Å². The number of para-hydroxylation sites is 1. The number of methoxy groups -OCH3 is 1. The summed E-state index contributed by atoms with van der Waals surface area (Å²) >= 11 is 0. The number of esters is 1. The van der Waals surface area contributed by atoms with Gasteiger partial charge in [0, 0.05) is 21.9 Å². The molecule has 1 N–H and O–H groups in total. The molecule has 0 saturated carbocycles. The maximum atomic E-state index is 13.2. The molecular weight excluding hydrogens is 360 g/mol. The first-order chi connectivity index (χ1) is 13.5. The van der Waals surface area contributed by atoms with Crippen molar-refractivity contribution in [3.63, 3.8) is 0 Å². The molecule has 6 heteroatoms. The fourth-order valence-electron chi connectivity index (χ4n) is 3.25. The van der Waals surface area contributed by atoms with Gasteiger partial charge < -0.3 is 14.3 Å². The zero-order valence-corrected chi connectivity index (χ0v) is 14.8. The summed E-state index contributed by atoms with van der Waals surface area (Å²) in [5.41, 5.74) is -0.380. The van der Waals surface area contributed by atoms with Crippen LogP contribution < -0.4 is 5.63 Å². The van der Waals surface area contributed by atoms with Crippen LogP contribution in [0.25, 0.3) is 21.7 Å². The highest BCUT2D eigenvalue weighted by Gasteiger charge is 2.25. The van der Waals surface area contributed by atoms with Gasteiger partial charge in [-0.25, -0.2) is 9.59 Å². The van der Waals surface area contributed by atoms with Crippen LogP contribution in [0, 0.1) is 0 Å². The fourth-order valence-corrected chi connectivity index (χ4v) is 3.25. The van der Waals surface area contributed by atoms with Gasteiger partial charge in [0.2, 0.25) is 0 Å². The van der Waals surface area contributed by atoms with Crippen molar-refractivity contribution >= 4 is 33.5 Å². The highest BCUT2D eigenvalue weighted by Crippen LogP contribution is 2.35. The summed E-state index contributed by atoms with van der Waals surface area (Å²) in [7, 11) is 1.15. The van der Waals surface area contributed by atoms with E-state index in [1.165, 1.54) is 6.07 Å². The van der Waals surface area contributed by atoms with Crippen molar-refractivity contribution in [3.05, 3.63) is 87.8 Å². The van der Waals surface area contributed by atoms with E-state index in [2.05, 4.69) is 0 Å². The van der Waals surface area contributed by atoms with Gasteiger partial charge in [-0.2, -0.15) is 0 Å². The Balaban J connectivity index is 2.21. The molecule has 0 fully saturated rings. The predicted molar refractivity (Wildman–Crippen MR) is 103 cm³/mol. The number of hydrogen-bond donors (Lipinski definition) is 1. The van der Waals surface area contributed by atoms with Gasteiger partial charge in [0.15, 0.2) is 5.78 Å². The number of ether oxygens (including phenoxy) is 1. The Bertz CT molecular complexity index is 1300. The van der Waals surface area contributed by atoms with Gasteiger partial charge in [-0.15, -0.1) is 0 Å². The highest BCUT2D eigenvalue weighted by molar-refractivity contribution is 6.24. The summed E-state index contributed by atoms with van der Waals surface area (Å²) in [4.78, 5) is 38.0. The van der Waals surface area contributed by atoms with Crippen molar-refractivity contribution < 1.29 is 23.8 Å². The molecule has 0 radical (unpaired) electrons. The lowest BCUT2D eigenvalue weighted by molar-refractivity contribution is 0.0597. The number of ketones is 1. The summed E-state index contributed by atoms with van der Waals surface area (Å²) in [6.07, 6.45) is 0. The zero-order chi connectivity index (χ0) is 19.8. The van der Waals surface area contributed by atoms with E-state index >= 15 is 0 Å². The Labute approximate surface area is 158 Å². The van der Waals surface area contributed by atoms with Crippen LogP contribution in [0.15, 0.2) is 69.9 Å². The second kappa shape index (κ2) is 6.66. The minimum Gasteiger partial charge on any atom is -0.506 e. The van der Waals surface area contributed by atoms with Gasteiger partial charge >= 0.3 is 11.6 Å². The maximum Gasteiger partial charge on any atom is 0.348 e. The Kier molecular flexibility index (Phi) is 4.16. The fraction of sp³-hybridized carbons (Fsp3) is 0.0455. The molecule has 6 nitrogen and oxygen atoms in total. The Morgan fingerprint density at radius 2 is 1.61 bits per heavy atom. The molecule has 4 aromatic rings. The van der Waals surface area contributed by atoms with E-state index in [1.807, 2.05) is 0 Å². The lowest BCUT2D eigenvalue weighted by Crippen LogP contribution is -2.11.